The SMILES string of the molecule is NC1CCN(CC(=O)[O-])CC1.[K+]. The quantitative estimate of drug-likeness (QED) is 0.450. The van der Waals surface area contributed by atoms with Crippen molar-refractivity contribution in [1.82, 2.24) is 4.90 Å². The molecule has 0 unspecified atom stereocenters. The Morgan fingerprint density at radius 1 is 1.50 bits per heavy atom. The van der Waals surface area contributed by atoms with Crippen molar-refractivity contribution in [3.8, 4) is 0 Å². The van der Waals surface area contributed by atoms with Gasteiger partial charge in [0.2, 0.25) is 0 Å². The summed E-state index contributed by atoms with van der Waals surface area (Å²) in [5.74, 6) is -1.000. The summed E-state index contributed by atoms with van der Waals surface area (Å²) in [6, 6.07) is 0.257. The van der Waals surface area contributed by atoms with Gasteiger partial charge in [0.15, 0.2) is 0 Å². The van der Waals surface area contributed by atoms with Crippen molar-refractivity contribution in [3.05, 3.63) is 0 Å². The van der Waals surface area contributed by atoms with Crippen molar-refractivity contribution in [2.75, 3.05) is 19.6 Å². The summed E-state index contributed by atoms with van der Waals surface area (Å²) in [6.45, 7) is 1.62. The molecule has 1 aliphatic rings. The summed E-state index contributed by atoms with van der Waals surface area (Å²) in [5, 5.41) is 10.2. The molecule has 0 aromatic rings. The number of nitrogens with two attached hydrogens (primary N) is 1. The van der Waals surface area contributed by atoms with Gasteiger partial charge in [0.1, 0.15) is 0 Å². The molecule has 1 aliphatic heterocycles. The van der Waals surface area contributed by atoms with E-state index in [1.54, 1.807) is 0 Å². The second kappa shape index (κ2) is 6.48. The van der Waals surface area contributed by atoms with Crippen LogP contribution in [0.15, 0.2) is 0 Å². The normalized spacial score (nSPS) is 20.1. The molecule has 1 rings (SSSR count). The van der Waals surface area contributed by atoms with Gasteiger partial charge in [-0.1, -0.05) is 0 Å². The van der Waals surface area contributed by atoms with E-state index in [1.165, 1.54) is 0 Å². The van der Waals surface area contributed by atoms with Crippen molar-refractivity contribution >= 4 is 5.97 Å². The first-order valence-corrected chi connectivity index (χ1v) is 3.86. The molecule has 0 spiro atoms. The van der Waals surface area contributed by atoms with E-state index in [9.17, 15) is 9.90 Å². The van der Waals surface area contributed by atoms with E-state index in [1.807, 2.05) is 4.90 Å². The van der Waals surface area contributed by atoms with Crippen LogP contribution in [0.1, 0.15) is 12.8 Å². The number of piperidine rings is 1. The van der Waals surface area contributed by atoms with Gasteiger partial charge in [-0.2, -0.15) is 0 Å². The molecular weight excluding hydrogens is 183 g/mol. The Morgan fingerprint density at radius 2 is 2.00 bits per heavy atom. The molecule has 0 radical (unpaired) electrons. The zero-order valence-corrected chi connectivity index (χ0v) is 10.6. The fourth-order valence-corrected chi connectivity index (χ4v) is 1.29. The molecule has 1 fully saturated rings. The van der Waals surface area contributed by atoms with Crippen LogP contribution in [0.3, 0.4) is 0 Å². The fourth-order valence-electron chi connectivity index (χ4n) is 1.29. The van der Waals surface area contributed by atoms with E-state index in [0.717, 1.165) is 25.9 Å². The van der Waals surface area contributed by atoms with E-state index in [2.05, 4.69) is 0 Å². The fraction of sp³-hybridized carbons (Fsp3) is 0.857. The Labute approximate surface area is 115 Å². The van der Waals surface area contributed by atoms with Crippen molar-refractivity contribution in [3.63, 3.8) is 0 Å². The summed E-state index contributed by atoms with van der Waals surface area (Å²) in [7, 11) is 0. The number of rotatable bonds is 2. The minimum absolute atomic E-state index is 0. The number of likely N-dealkylation sites (tertiary alicyclic amines) is 1. The van der Waals surface area contributed by atoms with Gasteiger partial charge in [-0.05, 0) is 12.8 Å². The number of carbonyl (C=O) groups excluding carboxylic acids is 1. The van der Waals surface area contributed by atoms with Gasteiger partial charge < -0.3 is 15.6 Å². The summed E-state index contributed by atoms with van der Waals surface area (Å²) in [6.07, 6.45) is 1.79. The predicted octanol–water partition coefficient (Wildman–Crippen LogP) is -4.84. The first-order chi connectivity index (χ1) is 5.18. The Balaban J connectivity index is 0.00000121. The average Bonchev–Trinajstić information content (AvgIpc) is 1.93. The largest absolute Gasteiger partial charge is 1.00 e. The maximum atomic E-state index is 10.2. The number of carboxylic acid groups (broad SMARTS) is 1. The standard InChI is InChI=1S/C7H14N2O2.K/c8-6-1-3-9(4-2-6)5-7(10)11;/h6H,1-5,8H2,(H,10,11);/q;+1/p-1. The van der Waals surface area contributed by atoms with Gasteiger partial charge >= 0.3 is 51.4 Å². The maximum absolute atomic E-state index is 10.2. The molecule has 0 atom stereocenters. The first-order valence-electron chi connectivity index (χ1n) is 3.86. The predicted molar refractivity (Wildman–Crippen MR) is 38.7 cm³/mol. The smallest absolute Gasteiger partial charge is 0.549 e. The summed E-state index contributed by atoms with van der Waals surface area (Å²) in [5.41, 5.74) is 5.64. The third kappa shape index (κ3) is 4.91. The monoisotopic (exact) mass is 196 g/mol. The molecule has 1 heterocycles. The van der Waals surface area contributed by atoms with E-state index < -0.39 is 5.97 Å². The molecule has 0 aliphatic carbocycles. The number of hydrogen-bond donors (Lipinski definition) is 1. The molecule has 12 heavy (non-hydrogen) atoms. The second-order valence-electron chi connectivity index (χ2n) is 2.99. The topological polar surface area (TPSA) is 69.4 Å². The molecule has 1 saturated heterocycles. The second-order valence-corrected chi connectivity index (χ2v) is 2.99. The zero-order chi connectivity index (χ0) is 8.27. The third-order valence-electron chi connectivity index (χ3n) is 1.98. The number of carboxylic acids is 1. The molecule has 0 aromatic carbocycles. The van der Waals surface area contributed by atoms with Gasteiger partial charge in [-0.25, -0.2) is 0 Å². The molecule has 4 nitrogen and oxygen atoms in total. The van der Waals surface area contributed by atoms with Crippen LogP contribution in [0.4, 0.5) is 0 Å². The summed E-state index contributed by atoms with van der Waals surface area (Å²) in [4.78, 5) is 12.0. The van der Waals surface area contributed by atoms with Gasteiger partial charge in [0.25, 0.3) is 0 Å². The molecule has 5 heteroatoms. The van der Waals surface area contributed by atoms with Gasteiger partial charge in [0, 0.05) is 25.7 Å². The maximum Gasteiger partial charge on any atom is 1.00 e. The van der Waals surface area contributed by atoms with Crippen molar-refractivity contribution in [2.45, 2.75) is 18.9 Å². The van der Waals surface area contributed by atoms with Crippen LogP contribution in [0.5, 0.6) is 0 Å². The van der Waals surface area contributed by atoms with Crippen molar-refractivity contribution in [1.29, 1.82) is 0 Å². The average molecular weight is 196 g/mol. The van der Waals surface area contributed by atoms with Gasteiger partial charge in [-0.15, -0.1) is 0 Å². The minimum atomic E-state index is -1.000. The molecule has 2 N–H and O–H groups in total. The molecule has 64 valence electrons. The molecule has 0 bridgehead atoms. The van der Waals surface area contributed by atoms with Crippen LogP contribution in [0.25, 0.3) is 0 Å². The third-order valence-corrected chi connectivity index (χ3v) is 1.98. The van der Waals surface area contributed by atoms with Crippen LogP contribution in [-0.2, 0) is 4.79 Å². The minimum Gasteiger partial charge on any atom is -0.549 e. The zero-order valence-electron chi connectivity index (χ0n) is 7.45. The van der Waals surface area contributed by atoms with Crippen LogP contribution in [0.2, 0.25) is 0 Å². The van der Waals surface area contributed by atoms with E-state index >= 15 is 0 Å². The summed E-state index contributed by atoms with van der Waals surface area (Å²) >= 11 is 0. The van der Waals surface area contributed by atoms with Crippen LogP contribution >= 0.6 is 0 Å². The Bertz CT molecular complexity index is 146. The Morgan fingerprint density at radius 3 is 2.42 bits per heavy atom. The van der Waals surface area contributed by atoms with Gasteiger partial charge in [-0.3, -0.25) is 4.90 Å². The molecular formula is C7H13KN2O2. The van der Waals surface area contributed by atoms with E-state index in [4.69, 9.17) is 5.73 Å². The number of nitrogens with zero attached hydrogens (tertiary/aromatic N) is 1. The van der Waals surface area contributed by atoms with Crippen molar-refractivity contribution < 1.29 is 61.3 Å². The number of hydrogen-bond acceptors (Lipinski definition) is 4. The number of aliphatic carboxylic acids is 1. The van der Waals surface area contributed by atoms with Crippen LogP contribution in [-0.4, -0.2) is 36.5 Å². The Kier molecular flexibility index (Phi) is 7.03. The van der Waals surface area contributed by atoms with Crippen LogP contribution < -0.4 is 62.2 Å². The van der Waals surface area contributed by atoms with Crippen LogP contribution in [0, 0.1) is 0 Å². The molecule has 0 amide bonds. The van der Waals surface area contributed by atoms with E-state index in [0.29, 0.717) is 0 Å². The first kappa shape index (κ1) is 13.0. The number of carbonyl (C=O) groups is 1. The van der Waals surface area contributed by atoms with Gasteiger partial charge in [0.05, 0.1) is 5.97 Å². The molecule has 0 saturated carbocycles. The van der Waals surface area contributed by atoms with Crippen molar-refractivity contribution in [2.24, 2.45) is 5.73 Å². The molecule has 0 aromatic heterocycles. The Hall–Kier alpha value is 1.03. The summed E-state index contributed by atoms with van der Waals surface area (Å²) < 4.78 is 0. The van der Waals surface area contributed by atoms with E-state index in [-0.39, 0.29) is 64.0 Å².